The molecule has 0 amide bonds. The van der Waals surface area contributed by atoms with E-state index in [1.165, 1.54) is 18.2 Å². The highest BCUT2D eigenvalue weighted by atomic mass is 16.6. The lowest BCUT2D eigenvalue weighted by Gasteiger charge is -2.03. The first kappa shape index (κ1) is 13.7. The van der Waals surface area contributed by atoms with Crippen LogP contribution in [-0.4, -0.2) is 16.0 Å². The summed E-state index contributed by atoms with van der Waals surface area (Å²) in [5.74, 6) is -0.0317. The molecule has 0 unspecified atom stereocenters. The first-order chi connectivity index (χ1) is 9.47. The van der Waals surface area contributed by atoms with Gasteiger partial charge in [-0.25, -0.2) is 4.79 Å². The summed E-state index contributed by atoms with van der Waals surface area (Å²) in [6.45, 7) is 3.28. The van der Waals surface area contributed by atoms with Gasteiger partial charge < -0.3 is 9.26 Å². The number of nitrogens with zero attached hydrogens (tertiary/aromatic N) is 2. The van der Waals surface area contributed by atoms with Crippen molar-refractivity contribution in [1.82, 2.24) is 5.16 Å². The van der Waals surface area contributed by atoms with Crippen LogP contribution in [0.2, 0.25) is 0 Å². The molecule has 0 saturated carbocycles. The topological polar surface area (TPSA) is 95.5 Å². The number of aryl methyl sites for hydroxylation is 2. The van der Waals surface area contributed by atoms with Gasteiger partial charge in [0.2, 0.25) is 0 Å². The van der Waals surface area contributed by atoms with Crippen LogP contribution < -0.4 is 0 Å². The van der Waals surface area contributed by atoms with Gasteiger partial charge in [0.25, 0.3) is 5.69 Å². The number of nitro benzene ring substituents is 1. The van der Waals surface area contributed by atoms with Gasteiger partial charge in [-0.3, -0.25) is 10.1 Å². The van der Waals surface area contributed by atoms with E-state index in [0.717, 1.165) is 0 Å². The fraction of sp³-hybridized carbons (Fsp3) is 0.231. The molecule has 0 saturated heterocycles. The summed E-state index contributed by atoms with van der Waals surface area (Å²) >= 11 is 0. The first-order valence-electron chi connectivity index (χ1n) is 5.81. The summed E-state index contributed by atoms with van der Waals surface area (Å²) in [6, 6.07) is 5.84. The Morgan fingerprint density at radius 1 is 1.40 bits per heavy atom. The zero-order valence-electron chi connectivity index (χ0n) is 11.0. The van der Waals surface area contributed by atoms with Gasteiger partial charge in [0.1, 0.15) is 18.1 Å². The standard InChI is InChI=1S/C13H12N2O5/c1-8-3-4-10(6-12(8)15(17)18)13(16)19-7-11-5-9(2)20-14-11/h3-6H,7H2,1-2H3. The van der Waals surface area contributed by atoms with E-state index in [9.17, 15) is 14.9 Å². The molecule has 0 aliphatic heterocycles. The van der Waals surface area contributed by atoms with Gasteiger partial charge in [-0.05, 0) is 19.9 Å². The zero-order chi connectivity index (χ0) is 14.7. The molecule has 1 aromatic carbocycles. The zero-order valence-corrected chi connectivity index (χ0v) is 11.0. The van der Waals surface area contributed by atoms with Gasteiger partial charge in [-0.15, -0.1) is 0 Å². The Balaban J connectivity index is 2.09. The maximum atomic E-state index is 11.8. The Labute approximate surface area is 114 Å². The quantitative estimate of drug-likeness (QED) is 0.483. The van der Waals surface area contributed by atoms with Crippen molar-refractivity contribution in [1.29, 1.82) is 0 Å². The van der Waals surface area contributed by atoms with E-state index < -0.39 is 10.9 Å². The Bertz CT molecular complexity index is 663. The number of hydrogen-bond acceptors (Lipinski definition) is 6. The number of rotatable bonds is 4. The monoisotopic (exact) mass is 276 g/mol. The van der Waals surface area contributed by atoms with Crippen LogP contribution >= 0.6 is 0 Å². The van der Waals surface area contributed by atoms with Crippen LogP contribution in [0.15, 0.2) is 28.8 Å². The van der Waals surface area contributed by atoms with Gasteiger partial charge in [0, 0.05) is 17.7 Å². The maximum absolute atomic E-state index is 11.8. The minimum atomic E-state index is -0.645. The van der Waals surface area contributed by atoms with E-state index in [4.69, 9.17) is 9.26 Å². The predicted octanol–water partition coefficient (Wildman–Crippen LogP) is 2.56. The van der Waals surface area contributed by atoms with E-state index in [-0.39, 0.29) is 17.9 Å². The summed E-state index contributed by atoms with van der Waals surface area (Å²) in [5.41, 5.74) is 0.982. The summed E-state index contributed by atoms with van der Waals surface area (Å²) in [6.07, 6.45) is 0. The number of ether oxygens (including phenoxy) is 1. The van der Waals surface area contributed by atoms with E-state index >= 15 is 0 Å². The second kappa shape index (κ2) is 5.52. The molecule has 0 spiro atoms. The van der Waals surface area contributed by atoms with Crippen molar-refractivity contribution in [3.63, 3.8) is 0 Å². The van der Waals surface area contributed by atoms with Crippen molar-refractivity contribution < 1.29 is 19.0 Å². The van der Waals surface area contributed by atoms with Crippen LogP contribution in [0.1, 0.15) is 27.4 Å². The molecule has 1 aromatic heterocycles. The molecule has 104 valence electrons. The highest BCUT2D eigenvalue weighted by molar-refractivity contribution is 5.90. The van der Waals surface area contributed by atoms with E-state index in [1.54, 1.807) is 19.9 Å². The number of nitro groups is 1. The SMILES string of the molecule is Cc1cc(COC(=O)c2ccc(C)c([N+](=O)[O-])c2)no1. The largest absolute Gasteiger partial charge is 0.455 e. The van der Waals surface area contributed by atoms with Crippen LogP contribution in [0, 0.1) is 24.0 Å². The smallest absolute Gasteiger partial charge is 0.338 e. The maximum Gasteiger partial charge on any atom is 0.338 e. The number of benzene rings is 1. The molecule has 0 bridgehead atoms. The molecule has 7 nitrogen and oxygen atoms in total. The second-order valence-corrected chi connectivity index (χ2v) is 4.26. The first-order valence-corrected chi connectivity index (χ1v) is 5.81. The number of carbonyl (C=O) groups is 1. The van der Waals surface area contributed by atoms with Crippen LogP contribution in [-0.2, 0) is 11.3 Å². The third-order valence-electron chi connectivity index (χ3n) is 2.67. The lowest BCUT2D eigenvalue weighted by molar-refractivity contribution is -0.385. The predicted molar refractivity (Wildman–Crippen MR) is 68.2 cm³/mol. The van der Waals surface area contributed by atoms with Crippen LogP contribution in [0.4, 0.5) is 5.69 Å². The van der Waals surface area contributed by atoms with Crippen molar-refractivity contribution in [2.75, 3.05) is 0 Å². The molecule has 0 aliphatic carbocycles. The van der Waals surface area contributed by atoms with E-state index in [1.807, 2.05) is 0 Å². The van der Waals surface area contributed by atoms with Crippen molar-refractivity contribution in [3.8, 4) is 0 Å². The average molecular weight is 276 g/mol. The van der Waals surface area contributed by atoms with Gasteiger partial charge in [0.05, 0.1) is 10.5 Å². The molecule has 0 aliphatic rings. The molecule has 1 heterocycles. The molecule has 0 radical (unpaired) electrons. The van der Waals surface area contributed by atoms with Crippen LogP contribution in [0.3, 0.4) is 0 Å². The van der Waals surface area contributed by atoms with E-state index in [0.29, 0.717) is 17.0 Å². The fourth-order valence-electron chi connectivity index (χ4n) is 1.64. The molecule has 0 atom stereocenters. The molecule has 2 rings (SSSR count). The van der Waals surface area contributed by atoms with Crippen LogP contribution in [0.5, 0.6) is 0 Å². The summed E-state index contributed by atoms with van der Waals surface area (Å²) in [7, 11) is 0. The van der Waals surface area contributed by atoms with Gasteiger partial charge in [-0.2, -0.15) is 0 Å². The van der Waals surface area contributed by atoms with Gasteiger partial charge in [0.15, 0.2) is 0 Å². The normalized spacial score (nSPS) is 10.3. The van der Waals surface area contributed by atoms with E-state index in [2.05, 4.69) is 5.16 Å². The molecule has 0 N–H and O–H groups in total. The third kappa shape index (κ3) is 3.00. The lowest BCUT2D eigenvalue weighted by Crippen LogP contribution is -2.06. The molecule has 7 heteroatoms. The Morgan fingerprint density at radius 3 is 2.75 bits per heavy atom. The van der Waals surface area contributed by atoms with Gasteiger partial charge in [-0.1, -0.05) is 11.2 Å². The highest BCUT2D eigenvalue weighted by Gasteiger charge is 2.16. The van der Waals surface area contributed by atoms with Crippen molar-refractivity contribution in [2.24, 2.45) is 0 Å². The number of aromatic nitrogens is 1. The fourth-order valence-corrected chi connectivity index (χ4v) is 1.64. The Kier molecular flexibility index (Phi) is 3.79. The number of hydrogen-bond donors (Lipinski definition) is 0. The van der Waals surface area contributed by atoms with Crippen LogP contribution in [0.25, 0.3) is 0 Å². The minimum Gasteiger partial charge on any atom is -0.455 e. The van der Waals surface area contributed by atoms with Crippen molar-refractivity contribution in [3.05, 3.63) is 57.0 Å². The number of carbonyl (C=O) groups excluding carboxylic acids is 1. The van der Waals surface area contributed by atoms with Gasteiger partial charge >= 0.3 is 5.97 Å². The third-order valence-corrected chi connectivity index (χ3v) is 2.67. The Hall–Kier alpha value is -2.70. The summed E-state index contributed by atoms with van der Waals surface area (Å²) in [4.78, 5) is 22.1. The summed E-state index contributed by atoms with van der Waals surface area (Å²) in [5, 5.41) is 14.5. The minimum absolute atomic E-state index is 0.0438. The molecule has 20 heavy (non-hydrogen) atoms. The lowest BCUT2D eigenvalue weighted by atomic mass is 10.1. The van der Waals surface area contributed by atoms with Crippen molar-refractivity contribution in [2.45, 2.75) is 20.5 Å². The second-order valence-electron chi connectivity index (χ2n) is 4.26. The number of esters is 1. The molecular weight excluding hydrogens is 264 g/mol. The molecule has 0 fully saturated rings. The highest BCUT2D eigenvalue weighted by Crippen LogP contribution is 2.20. The van der Waals surface area contributed by atoms with Crippen molar-refractivity contribution >= 4 is 11.7 Å². The Morgan fingerprint density at radius 2 is 2.15 bits per heavy atom. The average Bonchev–Trinajstić information content (AvgIpc) is 2.82. The summed E-state index contributed by atoms with van der Waals surface area (Å²) < 4.78 is 9.86. The molecular formula is C13H12N2O5. The molecule has 2 aromatic rings.